The number of benzene rings is 3. The number of nitrogens with one attached hydrogen (secondary N) is 1. The molecule has 2 amide bonds. The summed E-state index contributed by atoms with van der Waals surface area (Å²) < 4.78 is 30.2. The number of likely N-dealkylation sites (tertiary alicyclic amines) is 1. The first-order valence-corrected chi connectivity index (χ1v) is 15.9. The summed E-state index contributed by atoms with van der Waals surface area (Å²) in [7, 11) is 1.95. The third-order valence-electron chi connectivity index (χ3n) is 8.92. The molecule has 6 rings (SSSR count). The molecule has 0 saturated carbocycles. The quantitative estimate of drug-likeness (QED) is 0.172. The Balaban J connectivity index is 1.23. The van der Waals surface area contributed by atoms with E-state index in [1.807, 2.05) is 60.1 Å². The van der Waals surface area contributed by atoms with Crippen LogP contribution >= 0.6 is 0 Å². The molecule has 5 aromatic rings. The van der Waals surface area contributed by atoms with Gasteiger partial charge in [-0.3, -0.25) is 9.59 Å². The molecule has 1 fully saturated rings. The fourth-order valence-electron chi connectivity index (χ4n) is 5.90. The topological polar surface area (TPSA) is 93.2 Å². The zero-order valence-corrected chi connectivity index (χ0v) is 26.9. The van der Waals surface area contributed by atoms with Gasteiger partial charge in [0, 0.05) is 54.9 Å². The Morgan fingerprint density at radius 3 is 2.27 bits per heavy atom. The van der Waals surface area contributed by atoms with Crippen molar-refractivity contribution >= 4 is 23.7 Å². The summed E-state index contributed by atoms with van der Waals surface area (Å²) in [6.07, 6.45) is 5.42. The van der Waals surface area contributed by atoms with Crippen LogP contribution in [0.5, 0.6) is 0 Å². The highest BCUT2D eigenvalue weighted by atomic mass is 19.1. The molecule has 7 nitrogen and oxygen atoms in total. The van der Waals surface area contributed by atoms with E-state index in [2.05, 4.69) is 16.4 Å². The summed E-state index contributed by atoms with van der Waals surface area (Å²) >= 11 is 0. The van der Waals surface area contributed by atoms with E-state index in [1.54, 1.807) is 48.4 Å². The van der Waals surface area contributed by atoms with Gasteiger partial charge < -0.3 is 20.5 Å². The minimum atomic E-state index is -1.22. The molecule has 0 aliphatic carbocycles. The van der Waals surface area contributed by atoms with Crippen molar-refractivity contribution in [1.29, 1.82) is 0 Å². The second-order valence-electron chi connectivity index (χ2n) is 12.4. The van der Waals surface area contributed by atoms with Crippen molar-refractivity contribution in [3.05, 3.63) is 126 Å². The number of hydrogen-bond donors (Lipinski definition) is 2. The Kier molecular flexibility index (Phi) is 9.21. The van der Waals surface area contributed by atoms with E-state index in [0.29, 0.717) is 43.9 Å². The molecule has 48 heavy (non-hydrogen) atoms. The zero-order chi connectivity index (χ0) is 33.8. The van der Waals surface area contributed by atoms with E-state index in [1.165, 1.54) is 18.2 Å². The molecule has 244 valence electrons. The number of pyridine rings is 1. The van der Waals surface area contributed by atoms with Crippen LogP contribution < -0.4 is 11.1 Å². The molecule has 0 bridgehead atoms. The maximum Gasteiger partial charge on any atom is 0.253 e. The minimum Gasteiger partial charge on any atom is -0.384 e. The van der Waals surface area contributed by atoms with Crippen LogP contribution in [-0.4, -0.2) is 45.0 Å². The molecule has 1 aliphatic heterocycles. The molecular weight excluding hydrogens is 608 g/mol. The fourth-order valence-corrected chi connectivity index (χ4v) is 5.90. The number of alkyl halides is 1. The van der Waals surface area contributed by atoms with Crippen molar-refractivity contribution in [3.8, 4) is 33.5 Å². The molecule has 9 heteroatoms. The van der Waals surface area contributed by atoms with Gasteiger partial charge in [0.2, 0.25) is 5.91 Å². The number of piperidine rings is 1. The summed E-state index contributed by atoms with van der Waals surface area (Å²) in [5.41, 5.74) is 12.1. The molecule has 0 unspecified atom stereocenters. The normalized spacial score (nSPS) is 14.3. The summed E-state index contributed by atoms with van der Waals surface area (Å²) in [4.78, 5) is 31.4. The molecule has 1 aliphatic rings. The van der Waals surface area contributed by atoms with E-state index < -0.39 is 5.67 Å². The number of aromatic nitrogens is 2. The number of carbonyl (C=O) groups is 2. The summed E-state index contributed by atoms with van der Waals surface area (Å²) in [5.74, 6) is -0.235. The van der Waals surface area contributed by atoms with Crippen LogP contribution in [0.25, 0.3) is 39.6 Å². The van der Waals surface area contributed by atoms with Gasteiger partial charge >= 0.3 is 0 Å². The number of anilines is 1. The highest BCUT2D eigenvalue weighted by Crippen LogP contribution is 2.37. The van der Waals surface area contributed by atoms with E-state index >= 15 is 0 Å². The molecule has 1 saturated heterocycles. The van der Waals surface area contributed by atoms with Gasteiger partial charge in [0.25, 0.3) is 5.91 Å². The number of nitrogens with zero attached hydrogens (tertiary/aromatic N) is 3. The predicted octanol–water partition coefficient (Wildman–Crippen LogP) is 7.44. The maximum atomic E-state index is 14.3. The van der Waals surface area contributed by atoms with Gasteiger partial charge in [0.05, 0.1) is 6.54 Å². The number of nitrogens with two attached hydrogens (primary N) is 1. The Labute approximate surface area is 278 Å². The number of nitrogen functional groups attached to an aromatic ring is 1. The third kappa shape index (κ3) is 7.36. The first-order chi connectivity index (χ1) is 23.1. The highest BCUT2D eigenvalue weighted by Gasteiger charge is 2.31. The Hall–Kier alpha value is -5.57. The van der Waals surface area contributed by atoms with Crippen molar-refractivity contribution in [1.82, 2.24) is 19.8 Å². The van der Waals surface area contributed by atoms with Crippen LogP contribution in [-0.2, 0) is 18.4 Å². The monoisotopic (exact) mass is 645 g/mol. The smallest absolute Gasteiger partial charge is 0.253 e. The van der Waals surface area contributed by atoms with Gasteiger partial charge in [0.15, 0.2) is 0 Å². The lowest BCUT2D eigenvalue weighted by Gasteiger charge is -2.34. The number of rotatable bonds is 8. The average molecular weight is 646 g/mol. The molecule has 3 N–H and O–H groups in total. The number of hydrogen-bond acceptors (Lipinski definition) is 4. The average Bonchev–Trinajstić information content (AvgIpc) is 3.46. The van der Waals surface area contributed by atoms with Gasteiger partial charge in [-0.2, -0.15) is 0 Å². The lowest BCUT2D eigenvalue weighted by atomic mass is 9.92. The number of amides is 2. The van der Waals surface area contributed by atoms with Gasteiger partial charge in [-0.15, -0.1) is 0 Å². The Morgan fingerprint density at radius 1 is 0.896 bits per heavy atom. The van der Waals surface area contributed by atoms with Gasteiger partial charge in [-0.25, -0.2) is 13.8 Å². The highest BCUT2D eigenvalue weighted by molar-refractivity contribution is 5.95. The molecular formula is C39H37F2N5O2. The standard InChI is InChI=1S/C39H37F2N5O2/c1-39(41)19-21-46(22-20-39)38(48)29-7-5-27(6-8-29)30-11-15-33(34(23-30)28-9-12-31(40)13-10-28)35-16-14-32(45(35)2)25-44-37(47)18-4-26-3-17-36(42)43-24-26/h3-18,23-24H,19-22,25H2,1-2H3,(H2,42,43)(H,44,47)/b18-4+. The predicted molar refractivity (Wildman–Crippen MR) is 186 cm³/mol. The Bertz CT molecular complexity index is 1950. The third-order valence-corrected chi connectivity index (χ3v) is 8.92. The SMILES string of the molecule is Cn1c(CNC(=O)/C=C/c2ccc(N)nc2)ccc1-c1ccc(-c2ccc(C(=O)N3CCC(C)(F)CC3)cc2)cc1-c1ccc(F)cc1. The lowest BCUT2D eigenvalue weighted by molar-refractivity contribution is -0.116. The maximum absolute atomic E-state index is 14.3. The van der Waals surface area contributed by atoms with Crippen molar-refractivity contribution in [2.45, 2.75) is 32.0 Å². The van der Waals surface area contributed by atoms with Gasteiger partial charge in [0.1, 0.15) is 17.3 Å². The van der Waals surface area contributed by atoms with Crippen LogP contribution in [0.15, 0.2) is 103 Å². The van der Waals surface area contributed by atoms with Crippen molar-refractivity contribution in [3.63, 3.8) is 0 Å². The minimum absolute atomic E-state index is 0.0924. The van der Waals surface area contributed by atoms with Gasteiger partial charge in [-0.1, -0.05) is 36.4 Å². The second kappa shape index (κ2) is 13.7. The number of carbonyl (C=O) groups excluding carboxylic acids is 2. The van der Waals surface area contributed by atoms with Crippen LogP contribution in [0.4, 0.5) is 14.6 Å². The number of halogens is 2. The van der Waals surface area contributed by atoms with E-state index in [0.717, 1.165) is 44.8 Å². The van der Waals surface area contributed by atoms with E-state index in [-0.39, 0.29) is 17.6 Å². The zero-order valence-electron chi connectivity index (χ0n) is 26.9. The van der Waals surface area contributed by atoms with E-state index in [9.17, 15) is 18.4 Å². The van der Waals surface area contributed by atoms with Crippen LogP contribution in [0.3, 0.4) is 0 Å². The molecule has 0 radical (unpaired) electrons. The van der Waals surface area contributed by atoms with Crippen molar-refractivity contribution < 1.29 is 18.4 Å². The first kappa shape index (κ1) is 32.4. The fraction of sp³-hybridized carbons (Fsp3) is 0.205. The second-order valence-corrected chi connectivity index (χ2v) is 12.4. The first-order valence-electron chi connectivity index (χ1n) is 15.9. The molecule has 0 spiro atoms. The van der Waals surface area contributed by atoms with Crippen LogP contribution in [0.2, 0.25) is 0 Å². The lowest BCUT2D eigenvalue weighted by Crippen LogP contribution is -2.43. The molecule has 2 aromatic heterocycles. The summed E-state index contributed by atoms with van der Waals surface area (Å²) in [6, 6.07) is 27.4. The Morgan fingerprint density at radius 2 is 1.58 bits per heavy atom. The van der Waals surface area contributed by atoms with Crippen LogP contribution in [0, 0.1) is 5.82 Å². The van der Waals surface area contributed by atoms with Crippen molar-refractivity contribution in [2.24, 2.45) is 7.05 Å². The largest absolute Gasteiger partial charge is 0.384 e. The summed E-state index contributed by atoms with van der Waals surface area (Å²) in [5, 5.41) is 2.93. The molecule has 0 atom stereocenters. The molecule has 3 aromatic carbocycles. The van der Waals surface area contributed by atoms with Gasteiger partial charge in [-0.05, 0) is 108 Å². The van der Waals surface area contributed by atoms with Crippen LogP contribution in [0.1, 0.15) is 41.4 Å². The summed E-state index contributed by atoms with van der Waals surface area (Å²) in [6.45, 7) is 2.72. The van der Waals surface area contributed by atoms with Crippen molar-refractivity contribution in [2.75, 3.05) is 18.8 Å². The van der Waals surface area contributed by atoms with E-state index in [4.69, 9.17) is 5.73 Å². The molecule has 3 heterocycles.